The highest BCUT2D eigenvalue weighted by atomic mass is 35.5. The van der Waals surface area contributed by atoms with E-state index in [1.54, 1.807) is 7.05 Å². The second-order valence-electron chi connectivity index (χ2n) is 7.05. The minimum atomic E-state index is -0.367. The lowest BCUT2D eigenvalue weighted by Gasteiger charge is -2.28. The normalized spacial score (nSPS) is 14.9. The van der Waals surface area contributed by atoms with Crippen molar-refractivity contribution < 1.29 is 0 Å². The van der Waals surface area contributed by atoms with Gasteiger partial charge in [0.15, 0.2) is 11.2 Å². The number of hydrogen-bond acceptors (Lipinski definition) is 4. The van der Waals surface area contributed by atoms with E-state index in [0.717, 1.165) is 42.0 Å². The van der Waals surface area contributed by atoms with Crippen LogP contribution in [0.15, 0.2) is 33.9 Å². The van der Waals surface area contributed by atoms with Gasteiger partial charge in [-0.25, -0.2) is 4.79 Å². The second kappa shape index (κ2) is 6.88. The molecule has 0 saturated carbocycles. The summed E-state index contributed by atoms with van der Waals surface area (Å²) in [5, 5.41) is 0.670. The molecule has 8 heteroatoms. The summed E-state index contributed by atoms with van der Waals surface area (Å²) in [6, 6.07) is 7.57. The highest BCUT2D eigenvalue weighted by molar-refractivity contribution is 6.30. The summed E-state index contributed by atoms with van der Waals surface area (Å²) < 4.78 is 4.52. The van der Waals surface area contributed by atoms with Crippen molar-refractivity contribution in [1.82, 2.24) is 18.7 Å². The van der Waals surface area contributed by atoms with Crippen molar-refractivity contribution in [2.45, 2.75) is 25.8 Å². The molecule has 142 valence electrons. The molecule has 0 bridgehead atoms. The minimum absolute atomic E-state index is 0.321. The lowest BCUT2D eigenvalue weighted by atomic mass is 10.1. The number of aryl methyl sites for hydroxylation is 1. The summed E-state index contributed by atoms with van der Waals surface area (Å²) in [6.45, 7) is 2.29. The molecule has 0 atom stereocenters. The minimum Gasteiger partial charge on any atom is -0.342 e. The maximum atomic E-state index is 12.9. The Morgan fingerprint density at radius 1 is 1.00 bits per heavy atom. The van der Waals surface area contributed by atoms with E-state index in [2.05, 4.69) is 4.90 Å². The highest BCUT2D eigenvalue weighted by Crippen LogP contribution is 2.24. The Balaban J connectivity index is 1.95. The van der Waals surface area contributed by atoms with Gasteiger partial charge >= 0.3 is 5.69 Å². The monoisotopic (exact) mass is 387 g/mol. The van der Waals surface area contributed by atoms with E-state index < -0.39 is 0 Å². The van der Waals surface area contributed by atoms with Gasteiger partial charge in [0, 0.05) is 32.2 Å². The van der Waals surface area contributed by atoms with Gasteiger partial charge in [-0.1, -0.05) is 23.7 Å². The van der Waals surface area contributed by atoms with Crippen LogP contribution < -0.4 is 16.1 Å². The van der Waals surface area contributed by atoms with Crippen LogP contribution in [0.4, 0.5) is 5.95 Å². The number of rotatable bonds is 3. The third kappa shape index (κ3) is 3.06. The van der Waals surface area contributed by atoms with Crippen LogP contribution in [-0.4, -0.2) is 31.8 Å². The Hall–Kier alpha value is -2.54. The number of benzene rings is 1. The van der Waals surface area contributed by atoms with Crippen LogP contribution in [0.1, 0.15) is 24.8 Å². The molecular formula is C19H22ClN5O2. The van der Waals surface area contributed by atoms with E-state index >= 15 is 0 Å². The number of halogens is 1. The van der Waals surface area contributed by atoms with Gasteiger partial charge in [-0.05, 0) is 37.0 Å². The molecule has 0 N–H and O–H groups in total. The van der Waals surface area contributed by atoms with Crippen LogP contribution in [0, 0.1) is 0 Å². The van der Waals surface area contributed by atoms with E-state index in [1.165, 1.54) is 18.0 Å². The lowest BCUT2D eigenvalue weighted by molar-refractivity contribution is 0.560. The van der Waals surface area contributed by atoms with Gasteiger partial charge in [0.2, 0.25) is 5.95 Å². The molecule has 1 saturated heterocycles. The zero-order chi connectivity index (χ0) is 19.1. The molecule has 1 fully saturated rings. The maximum Gasteiger partial charge on any atom is 0.332 e. The zero-order valence-corrected chi connectivity index (χ0v) is 16.2. The summed E-state index contributed by atoms with van der Waals surface area (Å²) >= 11 is 6.01. The third-order valence-electron chi connectivity index (χ3n) is 5.22. The van der Waals surface area contributed by atoms with E-state index in [-0.39, 0.29) is 11.2 Å². The molecule has 3 aromatic rings. The molecule has 0 unspecified atom stereocenters. The van der Waals surface area contributed by atoms with Crippen LogP contribution in [0.3, 0.4) is 0 Å². The van der Waals surface area contributed by atoms with Crippen LogP contribution in [0.25, 0.3) is 11.2 Å². The smallest absolute Gasteiger partial charge is 0.332 e. The van der Waals surface area contributed by atoms with Crippen molar-refractivity contribution in [2.75, 3.05) is 18.0 Å². The number of imidazole rings is 1. The second-order valence-corrected chi connectivity index (χ2v) is 7.49. The molecular weight excluding hydrogens is 366 g/mol. The largest absolute Gasteiger partial charge is 0.342 e. The Kier molecular flexibility index (Phi) is 4.55. The Morgan fingerprint density at radius 3 is 2.33 bits per heavy atom. The molecule has 7 nitrogen and oxygen atoms in total. The Labute approximate surface area is 161 Å². The van der Waals surface area contributed by atoms with E-state index in [4.69, 9.17) is 16.6 Å². The standard InChI is InChI=1S/C19H22ClN5O2/c1-22-16-15(17(26)23(2)19(22)27)25(12-13-6-8-14(20)9-7-13)18(21-16)24-10-4-3-5-11-24/h6-9H,3-5,10-12H2,1-2H3. The first-order valence-corrected chi connectivity index (χ1v) is 9.51. The Morgan fingerprint density at radius 2 is 1.67 bits per heavy atom. The van der Waals surface area contributed by atoms with Gasteiger partial charge < -0.3 is 4.90 Å². The molecule has 0 amide bonds. The topological polar surface area (TPSA) is 65.1 Å². The van der Waals surface area contributed by atoms with Crippen molar-refractivity contribution in [3.63, 3.8) is 0 Å². The highest BCUT2D eigenvalue weighted by Gasteiger charge is 2.23. The number of nitrogens with zero attached hydrogens (tertiary/aromatic N) is 5. The van der Waals surface area contributed by atoms with Gasteiger partial charge in [-0.15, -0.1) is 0 Å². The number of fused-ring (bicyclic) bond motifs is 1. The van der Waals surface area contributed by atoms with Crippen molar-refractivity contribution >= 4 is 28.7 Å². The van der Waals surface area contributed by atoms with Crippen molar-refractivity contribution in [2.24, 2.45) is 14.1 Å². The summed E-state index contributed by atoms with van der Waals surface area (Å²) in [4.78, 5) is 32.2. The van der Waals surface area contributed by atoms with Crippen molar-refractivity contribution in [3.8, 4) is 0 Å². The van der Waals surface area contributed by atoms with Gasteiger partial charge in [0.05, 0.1) is 6.54 Å². The predicted octanol–water partition coefficient (Wildman–Crippen LogP) is 2.13. The summed E-state index contributed by atoms with van der Waals surface area (Å²) in [7, 11) is 3.16. The molecule has 1 aliphatic heterocycles. The lowest BCUT2D eigenvalue weighted by Crippen LogP contribution is -2.37. The van der Waals surface area contributed by atoms with E-state index in [1.807, 2.05) is 28.8 Å². The van der Waals surface area contributed by atoms with Crippen LogP contribution in [0.2, 0.25) is 5.02 Å². The number of aromatic nitrogens is 4. The molecule has 2 aromatic heterocycles. The first kappa shape index (κ1) is 17.9. The van der Waals surface area contributed by atoms with E-state index in [0.29, 0.717) is 22.7 Å². The molecule has 4 rings (SSSR count). The van der Waals surface area contributed by atoms with Gasteiger partial charge in [0.25, 0.3) is 5.56 Å². The number of anilines is 1. The van der Waals surface area contributed by atoms with Gasteiger partial charge in [-0.2, -0.15) is 4.98 Å². The predicted molar refractivity (Wildman–Crippen MR) is 107 cm³/mol. The molecule has 27 heavy (non-hydrogen) atoms. The quantitative estimate of drug-likeness (QED) is 0.690. The van der Waals surface area contributed by atoms with Gasteiger partial charge in [0.1, 0.15) is 0 Å². The molecule has 1 aliphatic rings. The maximum absolute atomic E-state index is 12.9. The molecule has 3 heterocycles. The summed E-state index contributed by atoms with van der Waals surface area (Å²) in [5.41, 5.74) is 1.22. The number of piperidine rings is 1. The van der Waals surface area contributed by atoms with Crippen LogP contribution in [0.5, 0.6) is 0 Å². The average Bonchev–Trinajstić information content (AvgIpc) is 3.06. The Bertz CT molecular complexity index is 1100. The fraction of sp³-hybridized carbons (Fsp3) is 0.421. The molecule has 0 radical (unpaired) electrons. The fourth-order valence-electron chi connectivity index (χ4n) is 3.69. The summed E-state index contributed by atoms with van der Waals surface area (Å²) in [5.74, 6) is 0.748. The first-order valence-electron chi connectivity index (χ1n) is 9.13. The fourth-order valence-corrected chi connectivity index (χ4v) is 3.82. The summed E-state index contributed by atoms with van der Waals surface area (Å²) in [6.07, 6.45) is 3.40. The average molecular weight is 388 g/mol. The SMILES string of the molecule is Cn1c(=O)c2c(nc(N3CCCCC3)n2Cc2ccc(Cl)cc2)n(C)c1=O. The number of hydrogen-bond donors (Lipinski definition) is 0. The van der Waals surface area contributed by atoms with Crippen LogP contribution >= 0.6 is 11.6 Å². The zero-order valence-electron chi connectivity index (χ0n) is 15.5. The van der Waals surface area contributed by atoms with Crippen LogP contribution in [-0.2, 0) is 20.6 Å². The molecule has 0 spiro atoms. The van der Waals surface area contributed by atoms with Crippen molar-refractivity contribution in [1.29, 1.82) is 0 Å². The molecule has 0 aliphatic carbocycles. The first-order chi connectivity index (χ1) is 13.0. The van der Waals surface area contributed by atoms with E-state index in [9.17, 15) is 9.59 Å². The molecule has 1 aromatic carbocycles. The third-order valence-corrected chi connectivity index (χ3v) is 5.47. The van der Waals surface area contributed by atoms with Crippen molar-refractivity contribution in [3.05, 3.63) is 55.7 Å². The van der Waals surface area contributed by atoms with Gasteiger partial charge in [-0.3, -0.25) is 18.5 Å².